The molecule has 3 rings (SSSR count). The highest BCUT2D eigenvalue weighted by Crippen LogP contribution is 2.35. The van der Waals surface area contributed by atoms with Gasteiger partial charge >= 0.3 is 6.03 Å². The minimum absolute atomic E-state index is 0.144. The third kappa shape index (κ3) is 5.68. The van der Waals surface area contributed by atoms with Crippen LogP contribution in [0.4, 0.5) is 9.18 Å². The van der Waals surface area contributed by atoms with Gasteiger partial charge in [-0.05, 0) is 23.9 Å². The van der Waals surface area contributed by atoms with Crippen LogP contribution in [-0.4, -0.2) is 60.9 Å². The number of nitrogens with zero attached hydrogens (tertiary/aromatic N) is 3. The second kappa shape index (κ2) is 11.0. The van der Waals surface area contributed by atoms with Crippen molar-refractivity contribution >= 4 is 29.0 Å². The molecule has 0 saturated heterocycles. The van der Waals surface area contributed by atoms with Gasteiger partial charge in [-0.3, -0.25) is 4.79 Å². The Labute approximate surface area is 185 Å². The van der Waals surface area contributed by atoms with Crippen LogP contribution in [0.3, 0.4) is 0 Å². The number of hydrogen-bond donors (Lipinski definition) is 1. The molecule has 1 atom stereocenters. The zero-order valence-corrected chi connectivity index (χ0v) is 18.5. The van der Waals surface area contributed by atoms with Crippen LogP contribution in [0.15, 0.2) is 46.9 Å². The molecule has 0 saturated carbocycles. The van der Waals surface area contributed by atoms with Gasteiger partial charge in [0.15, 0.2) is 0 Å². The summed E-state index contributed by atoms with van der Waals surface area (Å²) in [4.78, 5) is 28.1. The van der Waals surface area contributed by atoms with Gasteiger partial charge in [-0.25, -0.2) is 14.2 Å². The maximum atomic E-state index is 14.4. The molecule has 1 aliphatic heterocycles. The Balaban J connectivity index is 1.83. The van der Waals surface area contributed by atoms with E-state index in [1.165, 1.54) is 27.3 Å². The summed E-state index contributed by atoms with van der Waals surface area (Å²) in [5.74, 6) is -0.700. The second-order valence-electron chi connectivity index (χ2n) is 7.15. The molecule has 1 aliphatic rings. The number of halogens is 1. The summed E-state index contributed by atoms with van der Waals surface area (Å²) in [7, 11) is 1.54. The van der Waals surface area contributed by atoms with E-state index < -0.39 is 0 Å². The number of hydrogen-bond acceptors (Lipinski definition) is 5. The number of nitrogens with one attached hydrogen (secondary N) is 1. The van der Waals surface area contributed by atoms with Crippen LogP contribution in [0, 0.1) is 5.82 Å². The largest absolute Gasteiger partial charge is 0.383 e. The fourth-order valence-corrected chi connectivity index (χ4v) is 4.15. The number of hydrazone groups is 1. The highest BCUT2D eigenvalue weighted by molar-refractivity contribution is 7.10. The lowest BCUT2D eigenvalue weighted by Crippen LogP contribution is -2.47. The molecule has 1 aromatic carbocycles. The van der Waals surface area contributed by atoms with E-state index in [0.29, 0.717) is 30.8 Å². The fourth-order valence-electron chi connectivity index (χ4n) is 3.33. The molecule has 0 bridgehead atoms. The highest BCUT2D eigenvalue weighted by atomic mass is 32.1. The second-order valence-corrected chi connectivity index (χ2v) is 8.13. The molecule has 7 nitrogen and oxygen atoms in total. The first-order valence-electron chi connectivity index (χ1n) is 10.2. The molecule has 1 aromatic heterocycles. The minimum Gasteiger partial charge on any atom is -0.383 e. The zero-order valence-electron chi connectivity index (χ0n) is 17.7. The van der Waals surface area contributed by atoms with Crippen molar-refractivity contribution < 1.29 is 18.7 Å². The van der Waals surface area contributed by atoms with Crippen LogP contribution in [0.5, 0.6) is 0 Å². The van der Waals surface area contributed by atoms with E-state index in [1.807, 2.05) is 24.4 Å². The van der Waals surface area contributed by atoms with Crippen molar-refractivity contribution in [2.24, 2.45) is 5.10 Å². The smallest absolute Gasteiger partial charge is 0.317 e. The van der Waals surface area contributed by atoms with E-state index in [9.17, 15) is 14.0 Å². The summed E-state index contributed by atoms with van der Waals surface area (Å²) >= 11 is 1.52. The maximum absolute atomic E-state index is 14.4. The van der Waals surface area contributed by atoms with Crippen LogP contribution >= 0.6 is 11.3 Å². The number of rotatable bonds is 9. The first kappa shape index (κ1) is 22.9. The molecule has 2 heterocycles. The Morgan fingerprint density at radius 3 is 2.81 bits per heavy atom. The number of carbonyl (C=O) groups excluding carboxylic acids is 2. The molecule has 0 spiro atoms. The van der Waals surface area contributed by atoms with Gasteiger partial charge in [-0.15, -0.1) is 11.3 Å². The topological polar surface area (TPSA) is 74.2 Å². The van der Waals surface area contributed by atoms with Crippen molar-refractivity contribution in [3.05, 3.63) is 58.0 Å². The predicted molar refractivity (Wildman–Crippen MR) is 119 cm³/mol. The normalized spacial score (nSPS) is 15.6. The van der Waals surface area contributed by atoms with E-state index in [4.69, 9.17) is 4.74 Å². The Kier molecular flexibility index (Phi) is 8.13. The van der Waals surface area contributed by atoms with Crippen LogP contribution in [0.1, 0.15) is 36.2 Å². The van der Waals surface area contributed by atoms with E-state index in [0.717, 1.165) is 11.3 Å². The summed E-state index contributed by atoms with van der Waals surface area (Å²) in [5, 5.41) is 10.6. The van der Waals surface area contributed by atoms with Gasteiger partial charge in [-0.2, -0.15) is 5.10 Å². The van der Waals surface area contributed by atoms with Crippen LogP contribution in [0.25, 0.3) is 0 Å². The van der Waals surface area contributed by atoms with Gasteiger partial charge in [0.25, 0.3) is 5.91 Å². The Morgan fingerprint density at radius 1 is 1.32 bits per heavy atom. The fraction of sp³-hybridized carbons (Fsp3) is 0.409. The summed E-state index contributed by atoms with van der Waals surface area (Å²) in [6.07, 6.45) is 1.20. The quantitative estimate of drug-likeness (QED) is 0.639. The molecule has 31 heavy (non-hydrogen) atoms. The van der Waals surface area contributed by atoms with Gasteiger partial charge in [0.1, 0.15) is 12.4 Å². The first-order valence-corrected chi connectivity index (χ1v) is 11.1. The van der Waals surface area contributed by atoms with E-state index >= 15 is 0 Å². The van der Waals surface area contributed by atoms with Crippen LogP contribution < -0.4 is 5.32 Å². The van der Waals surface area contributed by atoms with Crippen LogP contribution in [0.2, 0.25) is 0 Å². The van der Waals surface area contributed by atoms with E-state index in [2.05, 4.69) is 10.4 Å². The number of methoxy groups -OCH3 is 1. The van der Waals surface area contributed by atoms with Crippen molar-refractivity contribution in [3.63, 3.8) is 0 Å². The summed E-state index contributed by atoms with van der Waals surface area (Å²) in [5.41, 5.74) is 0.903. The first-order chi connectivity index (χ1) is 15.0. The molecule has 0 radical (unpaired) electrons. The number of thiophene rings is 1. The van der Waals surface area contributed by atoms with Gasteiger partial charge in [0.05, 0.1) is 18.4 Å². The van der Waals surface area contributed by atoms with Gasteiger partial charge < -0.3 is 15.0 Å². The Hall–Kier alpha value is -2.78. The summed E-state index contributed by atoms with van der Waals surface area (Å²) in [6.45, 7) is 2.92. The van der Waals surface area contributed by atoms with E-state index in [1.54, 1.807) is 25.3 Å². The third-order valence-electron chi connectivity index (χ3n) is 4.93. The standard InChI is InChI=1S/C22H27FN4O3S/c1-3-10-24-22(29)26(11-12-30-2)15-21(28)27-19(20-9-6-13-31-20)14-18(25-27)16-7-4-5-8-17(16)23/h4-9,13,19H,3,10-12,14-15H2,1-2H3,(H,24,29)/t19-/m0/s1. The van der Waals surface area contributed by atoms with E-state index in [-0.39, 0.29) is 36.9 Å². The molecule has 1 N–H and O–H groups in total. The highest BCUT2D eigenvalue weighted by Gasteiger charge is 2.35. The third-order valence-corrected chi connectivity index (χ3v) is 5.90. The molecule has 0 aliphatic carbocycles. The molecule has 9 heteroatoms. The predicted octanol–water partition coefficient (Wildman–Crippen LogP) is 3.63. The lowest BCUT2D eigenvalue weighted by atomic mass is 10.0. The van der Waals surface area contributed by atoms with Gasteiger partial charge in [0.2, 0.25) is 0 Å². The number of urea groups is 1. The number of amides is 3. The summed E-state index contributed by atoms with van der Waals surface area (Å²) < 4.78 is 19.4. The van der Waals surface area contributed by atoms with Crippen molar-refractivity contribution in [2.45, 2.75) is 25.8 Å². The summed E-state index contributed by atoms with van der Waals surface area (Å²) in [6, 6.07) is 9.61. The molecular formula is C22H27FN4O3S. The van der Waals surface area contributed by atoms with Crippen molar-refractivity contribution in [1.82, 2.24) is 15.2 Å². The molecule has 166 valence electrons. The number of carbonyl (C=O) groups is 2. The zero-order chi connectivity index (χ0) is 22.2. The number of benzene rings is 1. The molecule has 0 fully saturated rings. The van der Waals surface area contributed by atoms with Crippen molar-refractivity contribution in [3.8, 4) is 0 Å². The SMILES string of the molecule is CCCNC(=O)N(CCOC)CC(=O)N1N=C(c2ccccc2F)C[C@H]1c1cccs1. The monoisotopic (exact) mass is 446 g/mol. The molecule has 2 aromatic rings. The lowest BCUT2D eigenvalue weighted by molar-refractivity contribution is -0.133. The lowest BCUT2D eigenvalue weighted by Gasteiger charge is -2.26. The minimum atomic E-state index is -0.374. The average molecular weight is 447 g/mol. The maximum Gasteiger partial charge on any atom is 0.317 e. The van der Waals surface area contributed by atoms with Crippen LogP contribution in [-0.2, 0) is 9.53 Å². The number of ether oxygens (including phenoxy) is 1. The van der Waals surface area contributed by atoms with Crippen molar-refractivity contribution in [2.75, 3.05) is 33.4 Å². The molecule has 3 amide bonds. The van der Waals surface area contributed by atoms with Gasteiger partial charge in [0, 0.05) is 37.1 Å². The molecular weight excluding hydrogens is 419 g/mol. The molecule has 0 unspecified atom stereocenters. The van der Waals surface area contributed by atoms with Gasteiger partial charge in [-0.1, -0.05) is 31.2 Å². The average Bonchev–Trinajstić information content (AvgIpc) is 3.45. The Bertz CT molecular complexity index is 919. The van der Waals surface area contributed by atoms with Crippen molar-refractivity contribution in [1.29, 1.82) is 0 Å². The Morgan fingerprint density at radius 2 is 2.13 bits per heavy atom.